The molecule has 4 aromatic rings. The van der Waals surface area contributed by atoms with Crippen LogP contribution < -0.4 is 9.47 Å². The highest BCUT2D eigenvalue weighted by Crippen LogP contribution is 2.38. The Labute approximate surface area is 199 Å². The molecule has 0 saturated carbocycles. The number of allylic oxidation sites excluding steroid dienone is 1. The molecule has 0 unspecified atom stereocenters. The first kappa shape index (κ1) is 22.1. The minimum Gasteiger partial charge on any atom is -0.493 e. The summed E-state index contributed by atoms with van der Waals surface area (Å²) in [5.41, 5.74) is 5.29. The van der Waals surface area contributed by atoms with Crippen LogP contribution in [0.5, 0.6) is 11.5 Å². The van der Waals surface area contributed by atoms with E-state index >= 15 is 0 Å². The van der Waals surface area contributed by atoms with Gasteiger partial charge in [0.25, 0.3) is 0 Å². The molecular formula is C26H19BrN4O2. The maximum absolute atomic E-state index is 9.76. The number of hydrogen-bond donors (Lipinski definition) is 1. The molecule has 162 valence electrons. The number of rotatable bonds is 6. The number of halogens is 1. The van der Waals surface area contributed by atoms with Crippen LogP contribution in [0.15, 0.2) is 59.1 Å². The molecular weight excluding hydrogens is 480 g/mol. The summed E-state index contributed by atoms with van der Waals surface area (Å²) in [6.07, 6.45) is 1.74. The molecule has 33 heavy (non-hydrogen) atoms. The van der Waals surface area contributed by atoms with Crippen molar-refractivity contribution in [3.63, 3.8) is 0 Å². The van der Waals surface area contributed by atoms with Gasteiger partial charge < -0.3 is 14.5 Å². The van der Waals surface area contributed by atoms with E-state index in [2.05, 4.69) is 38.0 Å². The number of nitrogens with one attached hydrogen (secondary N) is 1. The predicted molar refractivity (Wildman–Crippen MR) is 130 cm³/mol. The molecule has 0 fully saturated rings. The summed E-state index contributed by atoms with van der Waals surface area (Å²) in [4.78, 5) is 7.76. The predicted octanol–water partition coefficient (Wildman–Crippen LogP) is 6.16. The van der Waals surface area contributed by atoms with E-state index in [1.54, 1.807) is 25.3 Å². The second kappa shape index (κ2) is 9.60. The van der Waals surface area contributed by atoms with Crippen molar-refractivity contribution in [1.29, 1.82) is 10.5 Å². The molecule has 0 aliphatic carbocycles. The van der Waals surface area contributed by atoms with Crippen molar-refractivity contribution >= 4 is 38.6 Å². The van der Waals surface area contributed by atoms with E-state index in [0.29, 0.717) is 32.9 Å². The van der Waals surface area contributed by atoms with Gasteiger partial charge in [-0.05, 0) is 70.4 Å². The molecule has 0 bridgehead atoms. The SMILES string of the molecule is COc1cc(/C=C(/C#N)c2nc3ccc(C)cc3[nH]2)cc(Br)c1OCc1ccccc1C#N. The van der Waals surface area contributed by atoms with Gasteiger partial charge >= 0.3 is 0 Å². The van der Waals surface area contributed by atoms with Crippen molar-refractivity contribution in [1.82, 2.24) is 9.97 Å². The normalized spacial score (nSPS) is 11.1. The third-order valence-electron chi connectivity index (χ3n) is 5.09. The number of nitriles is 2. The summed E-state index contributed by atoms with van der Waals surface area (Å²) >= 11 is 3.55. The average molecular weight is 499 g/mol. The summed E-state index contributed by atoms with van der Waals surface area (Å²) in [6.45, 7) is 2.23. The Morgan fingerprint density at radius 3 is 2.73 bits per heavy atom. The lowest BCUT2D eigenvalue weighted by atomic mass is 10.1. The number of H-pyrrole nitrogens is 1. The first-order valence-electron chi connectivity index (χ1n) is 10.1. The maximum atomic E-state index is 9.76. The zero-order valence-corrected chi connectivity index (χ0v) is 19.6. The zero-order chi connectivity index (χ0) is 23.4. The molecule has 6 nitrogen and oxygen atoms in total. The monoisotopic (exact) mass is 498 g/mol. The fourth-order valence-electron chi connectivity index (χ4n) is 3.44. The van der Waals surface area contributed by atoms with Gasteiger partial charge in [0.2, 0.25) is 0 Å². The number of fused-ring (bicyclic) bond motifs is 1. The lowest BCUT2D eigenvalue weighted by molar-refractivity contribution is 0.282. The quantitative estimate of drug-likeness (QED) is 0.321. The molecule has 3 aromatic carbocycles. The number of hydrogen-bond acceptors (Lipinski definition) is 5. The van der Waals surface area contributed by atoms with Crippen LogP contribution in [0, 0.1) is 29.6 Å². The van der Waals surface area contributed by atoms with Gasteiger partial charge in [-0.25, -0.2) is 4.98 Å². The summed E-state index contributed by atoms with van der Waals surface area (Å²) in [6, 6.07) is 21.2. The van der Waals surface area contributed by atoms with Crippen LogP contribution in [0.25, 0.3) is 22.7 Å². The van der Waals surface area contributed by atoms with Gasteiger partial charge in [0.1, 0.15) is 18.5 Å². The van der Waals surface area contributed by atoms with Gasteiger partial charge in [0, 0.05) is 5.56 Å². The molecule has 0 atom stereocenters. The third kappa shape index (κ3) is 4.74. The molecule has 7 heteroatoms. The standard InChI is InChI=1S/C26H19BrN4O2/c1-16-7-8-22-23(9-16)31-26(30-22)20(14-29)10-17-11-21(27)25(24(12-17)32-2)33-15-19-6-4-3-5-18(19)13-28/h3-12H,15H2,1-2H3,(H,30,31)/b20-10-. The molecule has 0 spiro atoms. The minimum atomic E-state index is 0.218. The summed E-state index contributed by atoms with van der Waals surface area (Å²) in [5.74, 6) is 1.52. The van der Waals surface area contributed by atoms with Crippen molar-refractivity contribution in [2.75, 3.05) is 7.11 Å². The van der Waals surface area contributed by atoms with E-state index in [1.165, 1.54) is 0 Å². The number of aromatic nitrogens is 2. The smallest absolute Gasteiger partial charge is 0.175 e. The zero-order valence-electron chi connectivity index (χ0n) is 18.0. The average Bonchev–Trinajstić information content (AvgIpc) is 3.24. The Bertz CT molecular complexity index is 1460. The maximum Gasteiger partial charge on any atom is 0.175 e. The first-order valence-corrected chi connectivity index (χ1v) is 10.9. The highest BCUT2D eigenvalue weighted by molar-refractivity contribution is 9.10. The van der Waals surface area contributed by atoms with Crippen molar-refractivity contribution < 1.29 is 9.47 Å². The summed E-state index contributed by atoms with van der Waals surface area (Å²) in [5, 5.41) is 19.0. The lowest BCUT2D eigenvalue weighted by Crippen LogP contribution is -2.01. The van der Waals surface area contributed by atoms with Gasteiger partial charge in [-0.2, -0.15) is 10.5 Å². The van der Waals surface area contributed by atoms with Gasteiger partial charge in [0.15, 0.2) is 11.5 Å². The Hall–Kier alpha value is -4.07. The molecule has 0 amide bonds. The largest absolute Gasteiger partial charge is 0.493 e. The number of nitrogens with zero attached hydrogens (tertiary/aromatic N) is 3. The fourth-order valence-corrected chi connectivity index (χ4v) is 4.01. The number of benzene rings is 3. The Morgan fingerprint density at radius 2 is 1.97 bits per heavy atom. The Kier molecular flexibility index (Phi) is 6.44. The van der Waals surface area contributed by atoms with E-state index in [9.17, 15) is 10.5 Å². The Balaban J connectivity index is 1.65. The Morgan fingerprint density at radius 1 is 1.15 bits per heavy atom. The number of aromatic amines is 1. The van der Waals surface area contributed by atoms with Gasteiger partial charge in [-0.15, -0.1) is 0 Å². The van der Waals surface area contributed by atoms with Gasteiger partial charge in [-0.3, -0.25) is 0 Å². The van der Waals surface area contributed by atoms with E-state index in [4.69, 9.17) is 9.47 Å². The van der Waals surface area contributed by atoms with Crippen LogP contribution in [0.2, 0.25) is 0 Å². The van der Waals surface area contributed by atoms with Crippen LogP contribution in [0.1, 0.15) is 28.1 Å². The highest BCUT2D eigenvalue weighted by atomic mass is 79.9. The van der Waals surface area contributed by atoms with Crippen molar-refractivity contribution in [2.45, 2.75) is 13.5 Å². The van der Waals surface area contributed by atoms with Gasteiger partial charge in [0.05, 0.1) is 39.8 Å². The van der Waals surface area contributed by atoms with Crippen LogP contribution in [-0.4, -0.2) is 17.1 Å². The number of methoxy groups -OCH3 is 1. The number of ether oxygens (including phenoxy) is 2. The number of imidazole rings is 1. The van der Waals surface area contributed by atoms with E-state index in [1.807, 2.05) is 49.4 Å². The van der Waals surface area contributed by atoms with Crippen molar-refractivity contribution in [3.8, 4) is 23.6 Å². The molecule has 1 heterocycles. The van der Waals surface area contributed by atoms with Crippen LogP contribution in [0.4, 0.5) is 0 Å². The number of aryl methyl sites for hydroxylation is 1. The van der Waals surface area contributed by atoms with Crippen LogP contribution in [-0.2, 0) is 6.61 Å². The fraction of sp³-hybridized carbons (Fsp3) is 0.115. The van der Waals surface area contributed by atoms with Crippen molar-refractivity contribution in [2.24, 2.45) is 0 Å². The van der Waals surface area contributed by atoms with E-state index in [0.717, 1.165) is 27.7 Å². The van der Waals surface area contributed by atoms with Crippen LogP contribution >= 0.6 is 15.9 Å². The molecule has 1 aromatic heterocycles. The molecule has 0 aliphatic rings. The highest BCUT2D eigenvalue weighted by Gasteiger charge is 2.14. The van der Waals surface area contributed by atoms with Crippen molar-refractivity contribution in [3.05, 3.63) is 87.1 Å². The van der Waals surface area contributed by atoms with Crippen LogP contribution in [0.3, 0.4) is 0 Å². The molecule has 1 N–H and O–H groups in total. The lowest BCUT2D eigenvalue weighted by Gasteiger charge is -2.14. The first-order chi connectivity index (χ1) is 16.0. The second-order valence-electron chi connectivity index (χ2n) is 7.37. The molecule has 0 aliphatic heterocycles. The van der Waals surface area contributed by atoms with E-state index < -0.39 is 0 Å². The minimum absolute atomic E-state index is 0.218. The molecule has 0 radical (unpaired) electrons. The molecule has 4 rings (SSSR count). The van der Waals surface area contributed by atoms with Gasteiger partial charge in [-0.1, -0.05) is 24.3 Å². The summed E-state index contributed by atoms with van der Waals surface area (Å²) in [7, 11) is 1.55. The molecule has 0 saturated heterocycles. The van der Waals surface area contributed by atoms with E-state index in [-0.39, 0.29) is 6.61 Å². The summed E-state index contributed by atoms with van der Waals surface area (Å²) < 4.78 is 12.2. The topological polar surface area (TPSA) is 94.7 Å². The third-order valence-corrected chi connectivity index (χ3v) is 5.67. The second-order valence-corrected chi connectivity index (χ2v) is 8.22.